The maximum Gasteiger partial charge on any atom is 0.315 e. The third kappa shape index (κ3) is 6.77. The fourth-order valence-electron chi connectivity index (χ4n) is 1.25. The number of amides is 2. The van der Waals surface area contributed by atoms with Crippen molar-refractivity contribution in [2.24, 2.45) is 0 Å². The van der Waals surface area contributed by atoms with Crippen LogP contribution in [0.2, 0.25) is 5.02 Å². The molecule has 0 aromatic heterocycles. The van der Waals surface area contributed by atoms with Crippen LogP contribution in [-0.2, 0) is 0 Å². The highest BCUT2D eigenvalue weighted by Crippen LogP contribution is 2.19. The summed E-state index contributed by atoms with van der Waals surface area (Å²) in [6, 6.07) is 7.55. The lowest BCUT2D eigenvalue weighted by molar-refractivity contribution is 0.232. The van der Waals surface area contributed by atoms with Crippen molar-refractivity contribution in [1.82, 2.24) is 10.6 Å². The highest BCUT2D eigenvalue weighted by Gasteiger charge is 2.12. The molecule has 0 heterocycles. The van der Waals surface area contributed by atoms with Crippen LogP contribution in [0.25, 0.3) is 0 Å². The predicted molar refractivity (Wildman–Crippen MR) is 78.5 cm³/mol. The molecule has 2 N–H and O–H groups in total. The van der Waals surface area contributed by atoms with Gasteiger partial charge in [0.25, 0.3) is 0 Å². The van der Waals surface area contributed by atoms with E-state index >= 15 is 0 Å². The molecule has 5 heteroatoms. The van der Waals surface area contributed by atoms with E-state index in [0.29, 0.717) is 6.54 Å². The summed E-state index contributed by atoms with van der Waals surface area (Å²) in [5.74, 6) is 0.833. The maximum atomic E-state index is 11.5. The van der Waals surface area contributed by atoms with E-state index in [9.17, 15) is 4.79 Å². The molecule has 1 aromatic carbocycles. The van der Waals surface area contributed by atoms with E-state index in [1.807, 2.05) is 45.0 Å². The summed E-state index contributed by atoms with van der Waals surface area (Å²) in [4.78, 5) is 12.6. The van der Waals surface area contributed by atoms with Gasteiger partial charge in [0, 0.05) is 27.8 Å². The van der Waals surface area contributed by atoms with Gasteiger partial charge in [0.05, 0.1) is 0 Å². The van der Waals surface area contributed by atoms with Gasteiger partial charge in [-0.3, -0.25) is 0 Å². The maximum absolute atomic E-state index is 11.5. The molecule has 0 spiro atoms. The first-order valence-corrected chi connectivity index (χ1v) is 7.17. The van der Waals surface area contributed by atoms with Crippen LogP contribution in [0, 0.1) is 0 Å². The molecule has 0 aliphatic rings. The van der Waals surface area contributed by atoms with Gasteiger partial charge in [-0.25, -0.2) is 4.79 Å². The number of carbonyl (C=O) groups is 1. The number of urea groups is 1. The first-order chi connectivity index (χ1) is 8.37. The topological polar surface area (TPSA) is 41.1 Å². The number of rotatable bonds is 4. The van der Waals surface area contributed by atoms with E-state index in [2.05, 4.69) is 10.6 Å². The van der Waals surface area contributed by atoms with Crippen molar-refractivity contribution in [2.45, 2.75) is 31.2 Å². The molecule has 3 nitrogen and oxygen atoms in total. The molecule has 2 amide bonds. The van der Waals surface area contributed by atoms with Gasteiger partial charge in [-0.2, -0.15) is 0 Å². The van der Waals surface area contributed by atoms with Gasteiger partial charge in [-0.05, 0) is 45.0 Å². The summed E-state index contributed by atoms with van der Waals surface area (Å²) in [6.45, 7) is 6.49. The van der Waals surface area contributed by atoms with Crippen molar-refractivity contribution in [3.8, 4) is 0 Å². The third-order valence-corrected chi connectivity index (χ3v) is 3.22. The normalized spacial score (nSPS) is 11.1. The monoisotopic (exact) mass is 286 g/mol. The van der Waals surface area contributed by atoms with Crippen LogP contribution in [0.5, 0.6) is 0 Å². The molecule has 1 rings (SSSR count). The molecule has 0 fully saturated rings. The lowest BCUT2D eigenvalue weighted by Crippen LogP contribution is -2.46. The summed E-state index contributed by atoms with van der Waals surface area (Å²) in [6.07, 6.45) is 0. The second-order valence-electron chi connectivity index (χ2n) is 4.93. The lowest BCUT2D eigenvalue weighted by atomic mass is 10.1. The van der Waals surface area contributed by atoms with Crippen LogP contribution < -0.4 is 10.6 Å². The third-order valence-electron chi connectivity index (χ3n) is 1.96. The fraction of sp³-hybridized carbons (Fsp3) is 0.462. The minimum Gasteiger partial charge on any atom is -0.337 e. The number of hydrogen-bond acceptors (Lipinski definition) is 2. The van der Waals surface area contributed by atoms with Crippen LogP contribution >= 0.6 is 23.4 Å². The number of hydrogen-bond donors (Lipinski definition) is 2. The van der Waals surface area contributed by atoms with Gasteiger partial charge >= 0.3 is 6.03 Å². The standard InChI is InChI=1S/C13H19ClN2OS/c1-13(2,3)16-12(17)15-8-9-18-11-6-4-10(14)5-7-11/h4-7H,8-9H2,1-3H3,(H2,15,16,17). The van der Waals surface area contributed by atoms with Crippen molar-refractivity contribution in [3.05, 3.63) is 29.3 Å². The molecular formula is C13H19ClN2OS. The molecular weight excluding hydrogens is 268 g/mol. The summed E-state index contributed by atoms with van der Waals surface area (Å²) >= 11 is 7.49. The Balaban J connectivity index is 2.19. The van der Waals surface area contributed by atoms with Crippen molar-refractivity contribution >= 4 is 29.4 Å². The average molecular weight is 287 g/mol. The largest absolute Gasteiger partial charge is 0.337 e. The van der Waals surface area contributed by atoms with Crippen LogP contribution in [0.4, 0.5) is 4.79 Å². The molecule has 0 saturated heterocycles. The Morgan fingerprint density at radius 2 is 1.89 bits per heavy atom. The Kier molecular flexibility index (Phi) is 5.82. The van der Waals surface area contributed by atoms with Gasteiger partial charge in [0.2, 0.25) is 0 Å². The number of thioether (sulfide) groups is 1. The Morgan fingerprint density at radius 1 is 1.28 bits per heavy atom. The highest BCUT2D eigenvalue weighted by molar-refractivity contribution is 7.99. The van der Waals surface area contributed by atoms with Crippen LogP contribution in [0.15, 0.2) is 29.2 Å². The number of nitrogens with one attached hydrogen (secondary N) is 2. The summed E-state index contributed by atoms with van der Waals surface area (Å²) in [7, 11) is 0. The minimum atomic E-state index is -0.201. The zero-order chi connectivity index (χ0) is 13.6. The Labute approximate surface area is 118 Å². The molecule has 0 unspecified atom stereocenters. The highest BCUT2D eigenvalue weighted by atomic mass is 35.5. The van der Waals surface area contributed by atoms with Crippen LogP contribution in [0.3, 0.4) is 0 Å². The first kappa shape index (κ1) is 15.2. The molecule has 0 bridgehead atoms. The molecule has 0 saturated carbocycles. The lowest BCUT2D eigenvalue weighted by Gasteiger charge is -2.20. The smallest absolute Gasteiger partial charge is 0.315 e. The number of halogens is 1. The Bertz CT molecular complexity index is 387. The molecule has 0 radical (unpaired) electrons. The van der Waals surface area contributed by atoms with Crippen molar-refractivity contribution in [1.29, 1.82) is 0 Å². The van der Waals surface area contributed by atoms with E-state index in [0.717, 1.165) is 15.7 Å². The Morgan fingerprint density at radius 3 is 2.44 bits per heavy atom. The van der Waals surface area contributed by atoms with Crippen molar-refractivity contribution in [2.75, 3.05) is 12.3 Å². The summed E-state index contributed by atoms with van der Waals surface area (Å²) in [5, 5.41) is 6.41. The second kappa shape index (κ2) is 6.90. The zero-order valence-electron chi connectivity index (χ0n) is 10.9. The summed E-state index contributed by atoms with van der Waals surface area (Å²) < 4.78 is 0. The molecule has 18 heavy (non-hydrogen) atoms. The average Bonchev–Trinajstić information content (AvgIpc) is 2.24. The van der Waals surface area contributed by atoms with E-state index in [-0.39, 0.29) is 11.6 Å². The molecule has 1 aromatic rings. The number of carbonyl (C=O) groups excluding carboxylic acids is 1. The first-order valence-electron chi connectivity index (χ1n) is 5.81. The minimum absolute atomic E-state index is 0.126. The van der Waals surface area contributed by atoms with Gasteiger partial charge in [0.1, 0.15) is 0 Å². The van der Waals surface area contributed by atoms with Gasteiger partial charge in [-0.1, -0.05) is 11.6 Å². The van der Waals surface area contributed by atoms with Gasteiger partial charge in [-0.15, -0.1) is 11.8 Å². The predicted octanol–water partition coefficient (Wildman–Crippen LogP) is 3.53. The van der Waals surface area contributed by atoms with Gasteiger partial charge in [0.15, 0.2) is 0 Å². The number of benzene rings is 1. The summed E-state index contributed by atoms with van der Waals surface area (Å²) in [5.41, 5.74) is -0.201. The van der Waals surface area contributed by atoms with E-state index in [1.54, 1.807) is 11.8 Å². The van der Waals surface area contributed by atoms with Crippen molar-refractivity contribution < 1.29 is 4.79 Å². The second-order valence-corrected chi connectivity index (χ2v) is 6.54. The van der Waals surface area contributed by atoms with E-state index in [4.69, 9.17) is 11.6 Å². The van der Waals surface area contributed by atoms with Crippen molar-refractivity contribution in [3.63, 3.8) is 0 Å². The van der Waals surface area contributed by atoms with Crippen LogP contribution in [-0.4, -0.2) is 23.9 Å². The molecule has 0 aliphatic heterocycles. The SMILES string of the molecule is CC(C)(C)NC(=O)NCCSc1ccc(Cl)cc1. The van der Waals surface area contributed by atoms with Gasteiger partial charge < -0.3 is 10.6 Å². The Hall–Kier alpha value is -0.870. The zero-order valence-corrected chi connectivity index (χ0v) is 12.5. The quantitative estimate of drug-likeness (QED) is 0.657. The van der Waals surface area contributed by atoms with E-state index in [1.165, 1.54) is 0 Å². The molecule has 0 atom stereocenters. The molecule has 100 valence electrons. The van der Waals surface area contributed by atoms with E-state index < -0.39 is 0 Å². The van der Waals surface area contributed by atoms with Crippen LogP contribution in [0.1, 0.15) is 20.8 Å². The fourth-order valence-corrected chi connectivity index (χ4v) is 2.14. The molecule has 0 aliphatic carbocycles.